The molecule has 0 radical (unpaired) electrons. The van der Waals surface area contributed by atoms with Crippen LogP contribution in [0.5, 0.6) is 5.75 Å². The summed E-state index contributed by atoms with van der Waals surface area (Å²) in [6.45, 7) is 10.4. The lowest BCUT2D eigenvalue weighted by molar-refractivity contribution is 0.0962. The van der Waals surface area contributed by atoms with Crippen LogP contribution in [0, 0.1) is 12.7 Å². The third-order valence-electron chi connectivity index (χ3n) is 6.63. The minimum Gasteiger partial charge on any atom is -0.497 e. The van der Waals surface area contributed by atoms with Crippen LogP contribution in [0.25, 0.3) is 10.9 Å². The standard InChI is InChI=1S/C30H33FN2O2.ClH/c1-21-26(17-18-32(30(2,3)4)20-22-9-7-6-8-10-22)27-19-25(35-5)15-16-28(27)33(21)29(34)23-11-13-24(31)14-12-23;/h6-16,19H,17-18,20H2,1-5H3;1H. The van der Waals surface area contributed by atoms with Crippen LogP contribution < -0.4 is 4.74 Å². The molecule has 0 atom stereocenters. The van der Waals surface area contributed by atoms with Gasteiger partial charge in [-0.15, -0.1) is 12.4 Å². The molecular formula is C30H34ClFN2O2. The second-order valence-corrected chi connectivity index (χ2v) is 9.92. The van der Waals surface area contributed by atoms with Crippen molar-refractivity contribution in [1.82, 2.24) is 9.47 Å². The van der Waals surface area contributed by atoms with E-state index in [0.717, 1.165) is 47.4 Å². The Morgan fingerprint density at radius 3 is 2.28 bits per heavy atom. The van der Waals surface area contributed by atoms with Crippen molar-refractivity contribution >= 4 is 29.2 Å². The van der Waals surface area contributed by atoms with Gasteiger partial charge in [0.05, 0.1) is 12.6 Å². The first-order valence-corrected chi connectivity index (χ1v) is 12.0. The van der Waals surface area contributed by atoms with Gasteiger partial charge in [-0.1, -0.05) is 30.3 Å². The topological polar surface area (TPSA) is 34.5 Å². The van der Waals surface area contributed by atoms with Gasteiger partial charge in [0.1, 0.15) is 11.6 Å². The molecule has 0 aliphatic carbocycles. The zero-order chi connectivity index (χ0) is 25.2. The molecule has 4 rings (SSSR count). The number of rotatable bonds is 7. The van der Waals surface area contributed by atoms with Crippen LogP contribution in [0.1, 0.15) is 48.0 Å². The normalized spacial score (nSPS) is 11.5. The molecule has 0 aliphatic rings. The van der Waals surface area contributed by atoms with Gasteiger partial charge in [0.15, 0.2) is 0 Å². The zero-order valence-electron chi connectivity index (χ0n) is 21.5. The maximum atomic E-state index is 13.5. The Labute approximate surface area is 219 Å². The van der Waals surface area contributed by atoms with E-state index in [4.69, 9.17) is 4.74 Å². The van der Waals surface area contributed by atoms with E-state index in [9.17, 15) is 9.18 Å². The Morgan fingerprint density at radius 1 is 1.00 bits per heavy atom. The summed E-state index contributed by atoms with van der Waals surface area (Å²) in [6.07, 6.45) is 0.781. The molecule has 0 bridgehead atoms. The number of hydrogen-bond donors (Lipinski definition) is 0. The zero-order valence-corrected chi connectivity index (χ0v) is 22.4. The third kappa shape index (κ3) is 5.80. The molecule has 0 N–H and O–H groups in total. The number of benzene rings is 3. The Balaban J connectivity index is 0.00000361. The predicted molar refractivity (Wildman–Crippen MR) is 147 cm³/mol. The van der Waals surface area contributed by atoms with E-state index >= 15 is 0 Å². The van der Waals surface area contributed by atoms with Crippen molar-refractivity contribution in [3.05, 3.63) is 101 Å². The first kappa shape index (κ1) is 27.4. The molecule has 1 heterocycles. The van der Waals surface area contributed by atoms with Crippen LogP contribution >= 0.6 is 12.4 Å². The van der Waals surface area contributed by atoms with E-state index in [1.54, 1.807) is 11.7 Å². The van der Waals surface area contributed by atoms with E-state index < -0.39 is 0 Å². The number of carbonyl (C=O) groups excluding carboxylic acids is 1. The highest BCUT2D eigenvalue weighted by atomic mass is 35.5. The van der Waals surface area contributed by atoms with Crippen LogP contribution in [0.3, 0.4) is 0 Å². The molecule has 0 amide bonds. The van der Waals surface area contributed by atoms with Gasteiger partial charge < -0.3 is 4.74 Å². The Hall–Kier alpha value is -3.15. The summed E-state index contributed by atoms with van der Waals surface area (Å²) in [4.78, 5) is 16.0. The van der Waals surface area contributed by atoms with Crippen LogP contribution in [-0.2, 0) is 13.0 Å². The predicted octanol–water partition coefficient (Wildman–Crippen LogP) is 7.05. The first-order valence-electron chi connectivity index (χ1n) is 12.0. The van der Waals surface area contributed by atoms with E-state index in [1.807, 2.05) is 31.2 Å². The Bertz CT molecular complexity index is 1330. The lowest BCUT2D eigenvalue weighted by atomic mass is 10.0. The molecular weight excluding hydrogens is 475 g/mol. The SMILES string of the molecule is COc1ccc2c(c1)c(CCN(Cc1ccccc1)C(C)(C)C)c(C)n2C(=O)c1ccc(F)cc1.Cl. The summed E-state index contributed by atoms with van der Waals surface area (Å²) in [6, 6.07) is 22.0. The second-order valence-electron chi connectivity index (χ2n) is 9.92. The summed E-state index contributed by atoms with van der Waals surface area (Å²) in [5.41, 5.74) is 4.55. The van der Waals surface area contributed by atoms with Crippen LogP contribution in [-0.4, -0.2) is 34.6 Å². The lowest BCUT2D eigenvalue weighted by Crippen LogP contribution is -2.42. The molecule has 4 aromatic rings. The molecule has 190 valence electrons. The molecule has 0 fully saturated rings. The number of carbonyl (C=O) groups is 1. The fourth-order valence-corrected chi connectivity index (χ4v) is 4.59. The number of ether oxygens (including phenoxy) is 1. The van der Waals surface area contributed by atoms with E-state index in [-0.39, 0.29) is 29.7 Å². The quantitative estimate of drug-likeness (QED) is 0.268. The summed E-state index contributed by atoms with van der Waals surface area (Å²) in [5, 5.41) is 1.01. The fourth-order valence-electron chi connectivity index (χ4n) is 4.59. The fraction of sp³-hybridized carbons (Fsp3) is 0.300. The van der Waals surface area contributed by atoms with Crippen molar-refractivity contribution in [1.29, 1.82) is 0 Å². The summed E-state index contributed by atoms with van der Waals surface area (Å²) >= 11 is 0. The maximum absolute atomic E-state index is 13.5. The number of fused-ring (bicyclic) bond motifs is 1. The highest BCUT2D eigenvalue weighted by molar-refractivity contribution is 6.04. The highest BCUT2D eigenvalue weighted by Crippen LogP contribution is 2.31. The maximum Gasteiger partial charge on any atom is 0.262 e. The van der Waals surface area contributed by atoms with Crippen molar-refractivity contribution in [2.45, 2.75) is 46.2 Å². The molecule has 0 aliphatic heterocycles. The minimum atomic E-state index is -0.359. The minimum absolute atomic E-state index is 0. The highest BCUT2D eigenvalue weighted by Gasteiger charge is 2.24. The van der Waals surface area contributed by atoms with Crippen LogP contribution in [0.4, 0.5) is 4.39 Å². The van der Waals surface area contributed by atoms with Gasteiger partial charge in [0.25, 0.3) is 5.91 Å². The van der Waals surface area contributed by atoms with E-state index in [0.29, 0.717) is 5.56 Å². The molecule has 0 saturated heterocycles. The van der Waals surface area contributed by atoms with Crippen molar-refractivity contribution < 1.29 is 13.9 Å². The average Bonchev–Trinajstić information content (AvgIpc) is 3.11. The number of nitrogens with zero attached hydrogens (tertiary/aromatic N) is 2. The smallest absolute Gasteiger partial charge is 0.262 e. The largest absolute Gasteiger partial charge is 0.497 e. The molecule has 1 aromatic heterocycles. The van der Waals surface area contributed by atoms with Gasteiger partial charge in [-0.05, 0) is 87.7 Å². The molecule has 3 aromatic carbocycles. The monoisotopic (exact) mass is 508 g/mol. The van der Waals surface area contributed by atoms with Gasteiger partial charge >= 0.3 is 0 Å². The van der Waals surface area contributed by atoms with E-state index in [1.165, 1.54) is 29.8 Å². The summed E-state index contributed by atoms with van der Waals surface area (Å²) in [7, 11) is 1.65. The van der Waals surface area contributed by atoms with Crippen LogP contribution in [0.15, 0.2) is 72.8 Å². The van der Waals surface area contributed by atoms with Crippen molar-refractivity contribution in [3.63, 3.8) is 0 Å². The Morgan fingerprint density at radius 2 is 1.67 bits per heavy atom. The Kier molecular flexibility index (Phi) is 8.59. The van der Waals surface area contributed by atoms with Gasteiger partial charge in [0.2, 0.25) is 0 Å². The first-order chi connectivity index (χ1) is 16.7. The van der Waals surface area contributed by atoms with Gasteiger partial charge in [-0.25, -0.2) is 4.39 Å². The second kappa shape index (κ2) is 11.3. The number of aromatic nitrogens is 1. The summed E-state index contributed by atoms with van der Waals surface area (Å²) in [5.74, 6) is 0.227. The number of halogens is 2. The molecule has 0 spiro atoms. The van der Waals surface area contributed by atoms with Gasteiger partial charge in [0, 0.05) is 35.3 Å². The number of methoxy groups -OCH3 is 1. The van der Waals surface area contributed by atoms with Crippen LogP contribution in [0.2, 0.25) is 0 Å². The molecule has 36 heavy (non-hydrogen) atoms. The van der Waals surface area contributed by atoms with Crippen molar-refractivity contribution in [3.8, 4) is 5.75 Å². The molecule has 0 unspecified atom stereocenters. The molecule has 6 heteroatoms. The van der Waals surface area contributed by atoms with Gasteiger partial charge in [-0.2, -0.15) is 0 Å². The number of hydrogen-bond acceptors (Lipinski definition) is 3. The summed E-state index contributed by atoms with van der Waals surface area (Å²) < 4.78 is 20.7. The molecule has 4 nitrogen and oxygen atoms in total. The third-order valence-corrected chi connectivity index (χ3v) is 6.63. The van der Waals surface area contributed by atoms with Gasteiger partial charge in [-0.3, -0.25) is 14.3 Å². The lowest BCUT2D eigenvalue weighted by Gasteiger charge is -2.36. The average molecular weight is 509 g/mol. The van der Waals surface area contributed by atoms with Crippen molar-refractivity contribution in [2.75, 3.05) is 13.7 Å². The van der Waals surface area contributed by atoms with E-state index in [2.05, 4.69) is 49.9 Å². The molecule has 0 saturated carbocycles. The van der Waals surface area contributed by atoms with Crippen molar-refractivity contribution in [2.24, 2.45) is 0 Å².